The van der Waals surface area contributed by atoms with Crippen molar-refractivity contribution in [1.29, 1.82) is 0 Å². The van der Waals surface area contributed by atoms with E-state index in [9.17, 15) is 14.3 Å². The molecule has 0 atom stereocenters. The molecule has 0 spiro atoms. The van der Waals surface area contributed by atoms with Crippen molar-refractivity contribution < 1.29 is 14.3 Å². The summed E-state index contributed by atoms with van der Waals surface area (Å²) in [6.07, 6.45) is 0.740. The van der Waals surface area contributed by atoms with Crippen LogP contribution in [-0.2, 0) is 0 Å². The molecule has 1 aromatic heterocycles. The first kappa shape index (κ1) is 15.5. The van der Waals surface area contributed by atoms with Crippen LogP contribution in [0.5, 0.6) is 0 Å². The monoisotopic (exact) mass is 317 g/mol. The van der Waals surface area contributed by atoms with E-state index < -0.39 is 6.09 Å². The Bertz CT molecular complexity index is 714. The molecule has 6 heteroatoms. The Morgan fingerprint density at radius 1 is 1.35 bits per heavy atom. The maximum Gasteiger partial charge on any atom is 0.407 e. The molecule has 1 fully saturated rings. The lowest BCUT2D eigenvalue weighted by Crippen LogP contribution is -2.47. The van der Waals surface area contributed by atoms with Gasteiger partial charge in [-0.25, -0.2) is 14.2 Å². The Morgan fingerprint density at radius 3 is 2.74 bits per heavy atom. The zero-order chi connectivity index (χ0) is 16.4. The zero-order valence-electron chi connectivity index (χ0n) is 13.1. The van der Waals surface area contributed by atoms with Crippen molar-refractivity contribution in [3.63, 3.8) is 0 Å². The van der Waals surface area contributed by atoms with Gasteiger partial charge in [-0.3, -0.25) is 0 Å². The lowest BCUT2D eigenvalue weighted by Gasteiger charge is -2.37. The number of hydrogen-bond acceptors (Lipinski definition) is 3. The molecule has 0 bridgehead atoms. The van der Waals surface area contributed by atoms with Crippen molar-refractivity contribution in [2.45, 2.75) is 25.8 Å². The van der Waals surface area contributed by atoms with Crippen LogP contribution >= 0.6 is 0 Å². The molecule has 1 amide bonds. The van der Waals surface area contributed by atoms with Crippen LogP contribution in [0.1, 0.15) is 19.8 Å². The summed E-state index contributed by atoms with van der Waals surface area (Å²) in [4.78, 5) is 19.5. The van der Waals surface area contributed by atoms with E-state index in [1.54, 1.807) is 6.07 Å². The van der Waals surface area contributed by atoms with Crippen LogP contribution in [0.4, 0.5) is 15.0 Å². The highest BCUT2D eigenvalue weighted by Crippen LogP contribution is 2.24. The summed E-state index contributed by atoms with van der Waals surface area (Å²) in [5.74, 6) is 0.599. The van der Waals surface area contributed by atoms with Crippen LogP contribution in [0.3, 0.4) is 0 Å². The van der Waals surface area contributed by atoms with Gasteiger partial charge in [0.05, 0.1) is 5.52 Å². The van der Waals surface area contributed by atoms with Crippen molar-refractivity contribution in [3.05, 3.63) is 36.1 Å². The van der Waals surface area contributed by atoms with Gasteiger partial charge in [-0.15, -0.1) is 0 Å². The molecule has 0 radical (unpaired) electrons. The summed E-state index contributed by atoms with van der Waals surface area (Å²) in [6.45, 7) is 3.92. The molecule has 3 rings (SSSR count). The van der Waals surface area contributed by atoms with E-state index in [0.717, 1.165) is 42.7 Å². The van der Waals surface area contributed by atoms with Gasteiger partial charge in [0, 0.05) is 31.1 Å². The fourth-order valence-corrected chi connectivity index (χ4v) is 3.22. The lowest BCUT2D eigenvalue weighted by atomic mass is 10.0. The highest BCUT2D eigenvalue weighted by molar-refractivity contribution is 5.80. The molecule has 1 aliphatic rings. The van der Waals surface area contributed by atoms with Gasteiger partial charge in [-0.1, -0.05) is 0 Å². The van der Waals surface area contributed by atoms with E-state index in [-0.39, 0.29) is 11.9 Å². The maximum absolute atomic E-state index is 13.2. The molecule has 1 saturated heterocycles. The summed E-state index contributed by atoms with van der Waals surface area (Å²) in [7, 11) is 0. The Hall–Kier alpha value is -2.37. The van der Waals surface area contributed by atoms with Gasteiger partial charge in [0.2, 0.25) is 0 Å². The Balaban J connectivity index is 1.72. The molecular weight excluding hydrogens is 297 g/mol. The van der Waals surface area contributed by atoms with E-state index in [4.69, 9.17) is 0 Å². The summed E-state index contributed by atoms with van der Waals surface area (Å²) in [6, 6.07) is 8.42. The number of benzene rings is 1. The highest BCUT2D eigenvalue weighted by atomic mass is 19.1. The largest absolute Gasteiger partial charge is 0.465 e. The van der Waals surface area contributed by atoms with Crippen LogP contribution in [0.2, 0.25) is 0 Å². The minimum absolute atomic E-state index is 0.0725. The number of carbonyl (C=O) groups is 1. The van der Waals surface area contributed by atoms with Crippen LogP contribution in [-0.4, -0.2) is 46.8 Å². The Labute approximate surface area is 134 Å². The van der Waals surface area contributed by atoms with Crippen LogP contribution < -0.4 is 4.90 Å². The van der Waals surface area contributed by atoms with E-state index in [0.29, 0.717) is 6.54 Å². The van der Waals surface area contributed by atoms with E-state index in [2.05, 4.69) is 9.88 Å². The van der Waals surface area contributed by atoms with E-state index in [1.807, 2.05) is 19.1 Å². The van der Waals surface area contributed by atoms with Gasteiger partial charge in [0.1, 0.15) is 11.6 Å². The van der Waals surface area contributed by atoms with Gasteiger partial charge in [0.15, 0.2) is 0 Å². The number of halogens is 1. The minimum atomic E-state index is -0.850. The normalized spacial score (nSPS) is 15.8. The van der Waals surface area contributed by atoms with Crippen LogP contribution in [0.25, 0.3) is 10.9 Å². The molecule has 23 heavy (non-hydrogen) atoms. The lowest BCUT2D eigenvalue weighted by molar-refractivity contribution is 0.119. The van der Waals surface area contributed by atoms with Crippen LogP contribution in [0, 0.1) is 5.82 Å². The van der Waals surface area contributed by atoms with Crippen molar-refractivity contribution >= 4 is 22.8 Å². The zero-order valence-corrected chi connectivity index (χ0v) is 13.1. The molecule has 0 unspecified atom stereocenters. The molecule has 0 aliphatic carbocycles. The highest BCUT2D eigenvalue weighted by Gasteiger charge is 2.27. The molecule has 1 aromatic carbocycles. The number of anilines is 1. The molecule has 2 heterocycles. The number of amides is 1. The minimum Gasteiger partial charge on any atom is -0.465 e. The third-order valence-electron chi connectivity index (χ3n) is 4.45. The summed E-state index contributed by atoms with van der Waals surface area (Å²) in [5, 5.41) is 10.0. The number of hydrogen-bond donors (Lipinski definition) is 1. The first-order valence-electron chi connectivity index (χ1n) is 7.89. The van der Waals surface area contributed by atoms with Gasteiger partial charge < -0.3 is 14.9 Å². The van der Waals surface area contributed by atoms with Crippen molar-refractivity contribution in [1.82, 2.24) is 9.88 Å². The van der Waals surface area contributed by atoms with Gasteiger partial charge in [0.25, 0.3) is 0 Å². The second kappa shape index (κ2) is 6.40. The fourth-order valence-electron chi connectivity index (χ4n) is 3.22. The molecule has 1 aliphatic heterocycles. The average Bonchev–Trinajstić information content (AvgIpc) is 2.55. The Kier molecular flexibility index (Phi) is 4.32. The smallest absolute Gasteiger partial charge is 0.407 e. The number of aromatic nitrogens is 1. The number of fused-ring (bicyclic) bond motifs is 1. The third kappa shape index (κ3) is 3.21. The summed E-state index contributed by atoms with van der Waals surface area (Å²) >= 11 is 0. The number of nitrogens with zero attached hydrogens (tertiary/aromatic N) is 3. The van der Waals surface area contributed by atoms with Crippen molar-refractivity contribution in [2.75, 3.05) is 24.5 Å². The SMILES string of the molecule is CCN(C(=O)O)C1CCN(c2ccc3cc(F)ccc3n2)CC1. The van der Waals surface area contributed by atoms with Gasteiger partial charge >= 0.3 is 6.09 Å². The topological polar surface area (TPSA) is 56.7 Å². The first-order valence-corrected chi connectivity index (χ1v) is 7.89. The van der Waals surface area contributed by atoms with Gasteiger partial charge in [-0.2, -0.15) is 0 Å². The second-order valence-corrected chi connectivity index (χ2v) is 5.79. The third-order valence-corrected chi connectivity index (χ3v) is 4.45. The molecule has 5 nitrogen and oxygen atoms in total. The first-order chi connectivity index (χ1) is 11.1. The number of pyridine rings is 1. The molecule has 1 N–H and O–H groups in total. The number of rotatable bonds is 3. The predicted octanol–water partition coefficient (Wildman–Crippen LogP) is 3.34. The molecule has 122 valence electrons. The number of piperidine rings is 1. The van der Waals surface area contributed by atoms with E-state index >= 15 is 0 Å². The van der Waals surface area contributed by atoms with Crippen molar-refractivity contribution in [2.24, 2.45) is 0 Å². The molecule has 0 saturated carbocycles. The maximum atomic E-state index is 13.2. The summed E-state index contributed by atoms with van der Waals surface area (Å²) < 4.78 is 13.2. The summed E-state index contributed by atoms with van der Waals surface area (Å²) in [5.41, 5.74) is 0.770. The Morgan fingerprint density at radius 2 is 2.09 bits per heavy atom. The van der Waals surface area contributed by atoms with Crippen molar-refractivity contribution in [3.8, 4) is 0 Å². The van der Waals surface area contributed by atoms with Gasteiger partial charge in [-0.05, 0) is 50.1 Å². The number of carboxylic acid groups (broad SMARTS) is 1. The molecule has 2 aromatic rings. The fraction of sp³-hybridized carbons (Fsp3) is 0.412. The quantitative estimate of drug-likeness (QED) is 0.943. The second-order valence-electron chi connectivity index (χ2n) is 5.79. The predicted molar refractivity (Wildman–Crippen MR) is 87.3 cm³/mol. The molecular formula is C17H20FN3O2. The standard InChI is InChI=1S/C17H20FN3O2/c1-2-21(17(22)23)14-7-9-20(10-8-14)16-6-3-12-11-13(18)4-5-15(12)19-16/h3-6,11,14H,2,7-10H2,1H3,(H,22,23). The average molecular weight is 317 g/mol. The van der Waals surface area contributed by atoms with E-state index in [1.165, 1.54) is 17.0 Å². The van der Waals surface area contributed by atoms with Crippen LogP contribution in [0.15, 0.2) is 30.3 Å².